The highest BCUT2D eigenvalue weighted by atomic mass is 32.2. The highest BCUT2D eigenvalue weighted by Gasteiger charge is 2.13. The van der Waals surface area contributed by atoms with Gasteiger partial charge in [-0.15, -0.1) is 0 Å². The highest BCUT2D eigenvalue weighted by Crippen LogP contribution is 2.15. The third-order valence-electron chi connectivity index (χ3n) is 2.19. The summed E-state index contributed by atoms with van der Waals surface area (Å²) in [5, 5.41) is 3.11. The van der Waals surface area contributed by atoms with Gasteiger partial charge in [0.2, 0.25) is 0 Å². The van der Waals surface area contributed by atoms with Crippen LogP contribution in [0.5, 0.6) is 0 Å². The first-order valence-corrected chi connectivity index (χ1v) is 7.23. The Morgan fingerprint density at radius 2 is 1.86 bits per heavy atom. The minimum Gasteiger partial charge on any atom is -0.319 e. The second-order valence-corrected chi connectivity index (χ2v) is 6.73. The summed E-state index contributed by atoms with van der Waals surface area (Å²) in [7, 11) is -0.891. The molecule has 0 aromatic carbocycles. The molecule has 0 bridgehead atoms. The van der Waals surface area contributed by atoms with E-state index in [2.05, 4.69) is 19.2 Å². The van der Waals surface area contributed by atoms with Gasteiger partial charge in [-0.1, -0.05) is 13.8 Å². The van der Waals surface area contributed by atoms with Gasteiger partial charge in [-0.2, -0.15) is 0 Å². The van der Waals surface area contributed by atoms with E-state index in [0.29, 0.717) is 17.6 Å². The smallest absolute Gasteiger partial charge is 0.147 e. The third kappa shape index (κ3) is 8.51. The molecule has 0 fully saturated rings. The zero-order valence-electron chi connectivity index (χ0n) is 9.71. The van der Waals surface area contributed by atoms with Gasteiger partial charge in [-0.05, 0) is 38.3 Å². The molecule has 86 valence electrons. The molecule has 0 heterocycles. The molecular weight excluding hydrogens is 198 g/mol. The molecule has 4 heteroatoms. The first kappa shape index (κ1) is 13.9. The third-order valence-corrected chi connectivity index (χ3v) is 3.17. The molecule has 0 aliphatic rings. The van der Waals surface area contributed by atoms with E-state index in [0.717, 1.165) is 19.4 Å². The van der Waals surface area contributed by atoms with Crippen molar-refractivity contribution in [3.63, 3.8) is 0 Å². The molecule has 0 amide bonds. The molecule has 0 aliphatic carbocycles. The van der Waals surface area contributed by atoms with Crippen molar-refractivity contribution in [2.24, 2.45) is 11.8 Å². The maximum absolute atomic E-state index is 11.0. The Balaban J connectivity index is 3.96. The van der Waals surface area contributed by atoms with E-state index in [-0.39, 0.29) is 0 Å². The van der Waals surface area contributed by atoms with Crippen molar-refractivity contribution in [3.05, 3.63) is 0 Å². The van der Waals surface area contributed by atoms with Crippen molar-refractivity contribution in [2.75, 3.05) is 25.6 Å². The Morgan fingerprint density at radius 1 is 1.29 bits per heavy atom. The summed E-state index contributed by atoms with van der Waals surface area (Å²) in [6.07, 6.45) is 3.17. The number of rotatable bonds is 7. The summed E-state index contributed by atoms with van der Waals surface area (Å²) in [6.45, 7) is 5.25. The molecular formula is C10H23NO2S. The van der Waals surface area contributed by atoms with Gasteiger partial charge in [0.05, 0.1) is 5.75 Å². The zero-order valence-corrected chi connectivity index (χ0v) is 10.5. The number of hydrogen-bond acceptors (Lipinski definition) is 3. The van der Waals surface area contributed by atoms with Crippen LogP contribution in [-0.4, -0.2) is 34.0 Å². The normalized spacial score (nSPS) is 14.6. The fourth-order valence-corrected chi connectivity index (χ4v) is 2.40. The molecule has 0 saturated carbocycles. The lowest BCUT2D eigenvalue weighted by Gasteiger charge is -2.17. The van der Waals surface area contributed by atoms with Crippen molar-refractivity contribution >= 4 is 9.84 Å². The van der Waals surface area contributed by atoms with Crippen LogP contribution in [0.3, 0.4) is 0 Å². The molecule has 0 rings (SSSR count). The lowest BCUT2D eigenvalue weighted by Crippen LogP contribution is -2.22. The van der Waals surface area contributed by atoms with Gasteiger partial charge >= 0.3 is 0 Å². The number of sulfone groups is 1. The second kappa shape index (κ2) is 6.40. The molecule has 14 heavy (non-hydrogen) atoms. The lowest BCUT2D eigenvalue weighted by atomic mass is 9.95. The van der Waals surface area contributed by atoms with E-state index >= 15 is 0 Å². The molecule has 1 unspecified atom stereocenters. The summed E-state index contributed by atoms with van der Waals surface area (Å²) >= 11 is 0. The average Bonchev–Trinajstić information content (AvgIpc) is 1.98. The lowest BCUT2D eigenvalue weighted by molar-refractivity contribution is 0.387. The van der Waals surface area contributed by atoms with Gasteiger partial charge in [0.1, 0.15) is 9.84 Å². The van der Waals surface area contributed by atoms with E-state index < -0.39 is 9.84 Å². The van der Waals surface area contributed by atoms with E-state index in [1.807, 2.05) is 7.05 Å². The van der Waals surface area contributed by atoms with Crippen LogP contribution in [0.25, 0.3) is 0 Å². The monoisotopic (exact) mass is 221 g/mol. The van der Waals surface area contributed by atoms with Crippen molar-refractivity contribution in [1.29, 1.82) is 0 Å². The van der Waals surface area contributed by atoms with Crippen LogP contribution >= 0.6 is 0 Å². The molecule has 0 saturated heterocycles. The van der Waals surface area contributed by atoms with Gasteiger partial charge in [0.15, 0.2) is 0 Å². The molecule has 0 radical (unpaired) electrons. The van der Waals surface area contributed by atoms with Crippen LogP contribution in [-0.2, 0) is 9.84 Å². The fraction of sp³-hybridized carbons (Fsp3) is 1.00. The Bertz CT molecular complexity index is 235. The Hall–Kier alpha value is -0.0900. The highest BCUT2D eigenvalue weighted by molar-refractivity contribution is 7.90. The van der Waals surface area contributed by atoms with E-state index in [9.17, 15) is 8.42 Å². The van der Waals surface area contributed by atoms with Crippen molar-refractivity contribution in [3.8, 4) is 0 Å². The van der Waals surface area contributed by atoms with E-state index in [4.69, 9.17) is 0 Å². The van der Waals surface area contributed by atoms with Crippen LogP contribution in [0.1, 0.15) is 26.7 Å². The Labute approximate surface area is 88.2 Å². The van der Waals surface area contributed by atoms with Crippen LogP contribution in [0.4, 0.5) is 0 Å². The van der Waals surface area contributed by atoms with Gasteiger partial charge in [0.25, 0.3) is 0 Å². The average molecular weight is 221 g/mol. The number of nitrogens with one attached hydrogen (secondary N) is 1. The summed E-state index contributed by atoms with van der Waals surface area (Å²) in [5.41, 5.74) is 0. The Kier molecular flexibility index (Phi) is 6.36. The quantitative estimate of drug-likeness (QED) is 0.705. The zero-order chi connectivity index (χ0) is 11.2. The van der Waals surface area contributed by atoms with Crippen LogP contribution in [0.15, 0.2) is 0 Å². The predicted molar refractivity (Wildman–Crippen MR) is 61.2 cm³/mol. The first-order valence-electron chi connectivity index (χ1n) is 5.17. The minimum absolute atomic E-state index is 0.312. The summed E-state index contributed by atoms with van der Waals surface area (Å²) < 4.78 is 22.0. The van der Waals surface area contributed by atoms with Crippen LogP contribution in [0, 0.1) is 11.8 Å². The van der Waals surface area contributed by atoms with E-state index in [1.54, 1.807) is 0 Å². The molecule has 0 aromatic rings. The van der Waals surface area contributed by atoms with Gasteiger partial charge in [0, 0.05) is 6.26 Å². The fourth-order valence-electron chi connectivity index (χ4n) is 1.64. The summed E-state index contributed by atoms with van der Waals surface area (Å²) in [4.78, 5) is 0. The summed E-state index contributed by atoms with van der Waals surface area (Å²) in [6, 6.07) is 0. The van der Waals surface area contributed by atoms with Crippen LogP contribution in [0.2, 0.25) is 0 Å². The maximum Gasteiger partial charge on any atom is 0.147 e. The van der Waals surface area contributed by atoms with Gasteiger partial charge in [-0.25, -0.2) is 8.42 Å². The van der Waals surface area contributed by atoms with Crippen molar-refractivity contribution < 1.29 is 8.42 Å². The molecule has 0 aliphatic heterocycles. The number of hydrogen-bond donors (Lipinski definition) is 1. The SMILES string of the molecule is CNCC(CCS(C)(=O)=O)CC(C)C. The largest absolute Gasteiger partial charge is 0.319 e. The second-order valence-electron chi connectivity index (χ2n) is 4.47. The van der Waals surface area contributed by atoms with Gasteiger partial charge in [-0.3, -0.25) is 0 Å². The molecule has 3 nitrogen and oxygen atoms in total. The molecule has 1 atom stereocenters. The maximum atomic E-state index is 11.0. The Morgan fingerprint density at radius 3 is 2.21 bits per heavy atom. The minimum atomic E-state index is -2.80. The van der Waals surface area contributed by atoms with E-state index in [1.165, 1.54) is 6.26 Å². The first-order chi connectivity index (χ1) is 6.35. The topological polar surface area (TPSA) is 46.2 Å². The van der Waals surface area contributed by atoms with Crippen LogP contribution < -0.4 is 5.32 Å². The predicted octanol–water partition coefficient (Wildman–Crippen LogP) is 1.30. The molecule has 1 N–H and O–H groups in total. The van der Waals surface area contributed by atoms with Crippen molar-refractivity contribution in [1.82, 2.24) is 5.32 Å². The summed E-state index contributed by atoms with van der Waals surface area (Å²) in [5.74, 6) is 1.43. The van der Waals surface area contributed by atoms with Gasteiger partial charge < -0.3 is 5.32 Å². The standard InChI is InChI=1S/C10H23NO2S/c1-9(2)7-10(8-11-3)5-6-14(4,12)13/h9-11H,5-8H2,1-4H3. The molecule has 0 aromatic heterocycles. The van der Waals surface area contributed by atoms with Crippen molar-refractivity contribution in [2.45, 2.75) is 26.7 Å². The molecule has 0 spiro atoms.